The summed E-state index contributed by atoms with van der Waals surface area (Å²) in [5.41, 5.74) is 6.41. The molecule has 1 aromatic carbocycles. The van der Waals surface area contributed by atoms with Crippen LogP contribution in [-0.4, -0.2) is 24.5 Å². The molecule has 1 aliphatic carbocycles. The van der Waals surface area contributed by atoms with Crippen LogP contribution in [0.5, 0.6) is 0 Å². The van der Waals surface area contributed by atoms with Crippen LogP contribution in [0.25, 0.3) is 0 Å². The van der Waals surface area contributed by atoms with Crippen LogP contribution in [0.1, 0.15) is 18.4 Å². The number of hydrogen-bond donors (Lipinski definition) is 1. The molecule has 2 N–H and O–H groups in total. The molecule has 4 heteroatoms. The minimum Gasteiger partial charge on any atom is -0.329 e. The number of rotatable bonds is 5. The zero-order chi connectivity index (χ0) is 12.4. The molecule has 1 aliphatic rings. The number of halogens is 2. The number of hydrogen-bond acceptors (Lipinski definition) is 2. The van der Waals surface area contributed by atoms with Gasteiger partial charge in [0.25, 0.3) is 0 Å². The fraction of sp³-hybridized carbons (Fsp3) is 0.538. The minimum absolute atomic E-state index is 0.201. The lowest BCUT2D eigenvalue weighted by Crippen LogP contribution is -2.39. The lowest BCUT2D eigenvalue weighted by molar-refractivity contribution is 0.213. The van der Waals surface area contributed by atoms with Crippen LogP contribution in [-0.2, 0) is 6.54 Å². The smallest absolute Gasteiger partial charge is 0.127 e. The van der Waals surface area contributed by atoms with Gasteiger partial charge in [0.1, 0.15) is 5.82 Å². The SMILES string of the molecule is CN(Cc1cc(Cl)ccc1F)C(CN)C1CC1. The summed E-state index contributed by atoms with van der Waals surface area (Å²) in [6.07, 6.45) is 2.48. The molecule has 0 spiro atoms. The molecule has 1 saturated carbocycles. The van der Waals surface area contributed by atoms with Gasteiger partial charge in [-0.1, -0.05) is 11.6 Å². The van der Waals surface area contributed by atoms with Crippen molar-refractivity contribution in [2.24, 2.45) is 11.7 Å². The largest absolute Gasteiger partial charge is 0.329 e. The Kier molecular flexibility index (Phi) is 4.02. The molecule has 0 bridgehead atoms. The maximum atomic E-state index is 13.6. The zero-order valence-electron chi connectivity index (χ0n) is 10.00. The molecule has 94 valence electrons. The molecular formula is C13H18ClFN2. The Balaban J connectivity index is 2.05. The van der Waals surface area contributed by atoms with Crippen molar-refractivity contribution in [1.29, 1.82) is 0 Å². The molecule has 0 saturated heterocycles. The highest BCUT2D eigenvalue weighted by atomic mass is 35.5. The van der Waals surface area contributed by atoms with E-state index in [1.54, 1.807) is 12.1 Å². The highest BCUT2D eigenvalue weighted by Crippen LogP contribution is 2.35. The lowest BCUT2D eigenvalue weighted by Gasteiger charge is -2.27. The van der Waals surface area contributed by atoms with Crippen LogP contribution in [0.3, 0.4) is 0 Å². The van der Waals surface area contributed by atoms with Gasteiger partial charge >= 0.3 is 0 Å². The average Bonchev–Trinajstić information content (AvgIpc) is 3.09. The molecular weight excluding hydrogens is 239 g/mol. The highest BCUT2D eigenvalue weighted by molar-refractivity contribution is 6.30. The Hall–Kier alpha value is -0.640. The van der Waals surface area contributed by atoms with E-state index in [9.17, 15) is 4.39 Å². The maximum Gasteiger partial charge on any atom is 0.127 e. The van der Waals surface area contributed by atoms with Crippen molar-refractivity contribution in [1.82, 2.24) is 4.90 Å². The first-order valence-electron chi connectivity index (χ1n) is 5.96. The number of benzene rings is 1. The summed E-state index contributed by atoms with van der Waals surface area (Å²) in [6.45, 7) is 1.19. The molecule has 1 fully saturated rings. The van der Waals surface area contributed by atoms with Gasteiger partial charge in [0.15, 0.2) is 0 Å². The van der Waals surface area contributed by atoms with E-state index in [4.69, 9.17) is 17.3 Å². The van der Waals surface area contributed by atoms with Gasteiger partial charge in [0.2, 0.25) is 0 Å². The van der Waals surface area contributed by atoms with Gasteiger partial charge in [-0.15, -0.1) is 0 Å². The van der Waals surface area contributed by atoms with Gasteiger partial charge in [-0.25, -0.2) is 4.39 Å². The summed E-state index contributed by atoms with van der Waals surface area (Å²) in [5.74, 6) is 0.486. The Labute approximate surface area is 107 Å². The van der Waals surface area contributed by atoms with Crippen molar-refractivity contribution in [3.8, 4) is 0 Å². The summed E-state index contributed by atoms with van der Waals surface area (Å²) >= 11 is 5.88. The van der Waals surface area contributed by atoms with Crippen molar-refractivity contribution in [2.45, 2.75) is 25.4 Å². The Morgan fingerprint density at radius 1 is 1.53 bits per heavy atom. The zero-order valence-corrected chi connectivity index (χ0v) is 10.8. The number of nitrogens with zero attached hydrogens (tertiary/aromatic N) is 1. The second-order valence-corrected chi connectivity index (χ2v) is 5.23. The summed E-state index contributed by atoms with van der Waals surface area (Å²) in [7, 11) is 2.00. The monoisotopic (exact) mass is 256 g/mol. The fourth-order valence-electron chi connectivity index (χ4n) is 2.26. The first-order valence-corrected chi connectivity index (χ1v) is 6.34. The van der Waals surface area contributed by atoms with Crippen molar-refractivity contribution in [3.05, 3.63) is 34.6 Å². The van der Waals surface area contributed by atoms with Gasteiger partial charge in [-0.05, 0) is 44.0 Å². The van der Waals surface area contributed by atoms with Crippen molar-refractivity contribution in [3.63, 3.8) is 0 Å². The molecule has 1 atom stereocenters. The summed E-state index contributed by atoms with van der Waals surface area (Å²) < 4.78 is 13.6. The highest BCUT2D eigenvalue weighted by Gasteiger charge is 2.32. The van der Waals surface area contributed by atoms with E-state index < -0.39 is 0 Å². The molecule has 0 aliphatic heterocycles. The number of likely N-dealkylation sites (N-methyl/N-ethyl adjacent to an activating group) is 1. The molecule has 2 nitrogen and oxygen atoms in total. The van der Waals surface area contributed by atoms with E-state index in [1.165, 1.54) is 18.9 Å². The minimum atomic E-state index is -0.201. The Bertz CT molecular complexity index is 393. The van der Waals surface area contributed by atoms with E-state index in [-0.39, 0.29) is 5.82 Å². The van der Waals surface area contributed by atoms with Crippen molar-refractivity contribution >= 4 is 11.6 Å². The quantitative estimate of drug-likeness (QED) is 0.878. The molecule has 1 aromatic rings. The van der Waals surface area contributed by atoms with Crippen molar-refractivity contribution in [2.75, 3.05) is 13.6 Å². The first kappa shape index (κ1) is 12.8. The van der Waals surface area contributed by atoms with Gasteiger partial charge < -0.3 is 5.73 Å². The van der Waals surface area contributed by atoms with Gasteiger partial charge in [-0.3, -0.25) is 4.90 Å². The summed E-state index contributed by atoms with van der Waals surface area (Å²) in [4.78, 5) is 2.13. The van der Waals surface area contributed by atoms with Crippen LogP contribution in [0.15, 0.2) is 18.2 Å². The molecule has 0 amide bonds. The second-order valence-electron chi connectivity index (χ2n) is 4.79. The second kappa shape index (κ2) is 5.34. The van der Waals surface area contributed by atoms with E-state index in [0.717, 1.165) is 0 Å². The molecule has 0 aromatic heterocycles. The predicted octanol–water partition coefficient (Wildman–Crippen LogP) is 2.65. The van der Waals surface area contributed by atoms with Gasteiger partial charge in [0, 0.05) is 29.7 Å². The first-order chi connectivity index (χ1) is 8.11. The van der Waals surface area contributed by atoms with Gasteiger partial charge in [0.05, 0.1) is 0 Å². The topological polar surface area (TPSA) is 29.3 Å². The predicted molar refractivity (Wildman–Crippen MR) is 68.4 cm³/mol. The van der Waals surface area contributed by atoms with Crippen LogP contribution in [0.4, 0.5) is 4.39 Å². The van der Waals surface area contributed by atoms with Crippen LogP contribution in [0, 0.1) is 11.7 Å². The van der Waals surface area contributed by atoms with E-state index in [2.05, 4.69) is 4.90 Å². The summed E-state index contributed by atoms with van der Waals surface area (Å²) in [5, 5.41) is 0.575. The van der Waals surface area contributed by atoms with Crippen LogP contribution in [0.2, 0.25) is 5.02 Å². The molecule has 17 heavy (non-hydrogen) atoms. The van der Waals surface area contributed by atoms with E-state index in [1.807, 2.05) is 7.05 Å². The van der Waals surface area contributed by atoms with Crippen LogP contribution < -0.4 is 5.73 Å². The maximum absolute atomic E-state index is 13.6. The van der Waals surface area contributed by atoms with Crippen molar-refractivity contribution < 1.29 is 4.39 Å². The Morgan fingerprint density at radius 2 is 2.24 bits per heavy atom. The molecule has 1 unspecified atom stereocenters. The third-order valence-corrected chi connectivity index (χ3v) is 3.64. The number of nitrogens with two attached hydrogens (primary N) is 1. The summed E-state index contributed by atoms with van der Waals surface area (Å²) in [6, 6.07) is 5.03. The standard InChI is InChI=1S/C13H18ClFN2/c1-17(13(7-16)9-2-3-9)8-10-6-11(14)4-5-12(10)15/h4-6,9,13H,2-3,7-8,16H2,1H3. The van der Waals surface area contributed by atoms with Crippen LogP contribution >= 0.6 is 11.6 Å². The third-order valence-electron chi connectivity index (χ3n) is 3.40. The van der Waals surface area contributed by atoms with E-state index in [0.29, 0.717) is 35.6 Å². The average molecular weight is 257 g/mol. The molecule has 0 radical (unpaired) electrons. The normalized spacial score (nSPS) is 17.5. The van der Waals surface area contributed by atoms with E-state index >= 15 is 0 Å². The molecule has 2 rings (SSSR count). The molecule has 0 heterocycles. The fourth-order valence-corrected chi connectivity index (χ4v) is 2.46. The van der Waals surface area contributed by atoms with Gasteiger partial charge in [-0.2, -0.15) is 0 Å². The Morgan fingerprint density at radius 3 is 2.82 bits per heavy atom. The third kappa shape index (κ3) is 3.18. The lowest BCUT2D eigenvalue weighted by atomic mass is 10.1.